The van der Waals surface area contributed by atoms with Gasteiger partial charge in [0.15, 0.2) is 0 Å². The number of carbonyl (C=O) groups is 2. The fourth-order valence-corrected chi connectivity index (χ4v) is 7.20. The first-order valence-electron chi connectivity index (χ1n) is 9.69. The average molecular weight is 457 g/mol. The minimum atomic E-state index is -1.35. The maximum absolute atomic E-state index is 12.5. The second kappa shape index (κ2) is 8.23. The number of amides is 1. The van der Waals surface area contributed by atoms with Gasteiger partial charge in [-0.05, 0) is 19.9 Å². The number of carboxylic acid groups (broad SMARTS) is 1. The summed E-state index contributed by atoms with van der Waals surface area (Å²) in [6, 6.07) is -0.344. The molecule has 0 radical (unpaired) electrons. The molecule has 30 heavy (non-hydrogen) atoms. The first-order chi connectivity index (χ1) is 13.9. The molecule has 0 bridgehead atoms. The molecule has 5 rings (SSSR count). The Kier molecular flexibility index (Phi) is 6.13. The first-order valence-corrected chi connectivity index (χ1v) is 11.4. The van der Waals surface area contributed by atoms with Crippen molar-refractivity contribution in [1.29, 1.82) is 0 Å². The van der Waals surface area contributed by atoms with Crippen LogP contribution < -0.4 is 40.0 Å². The number of hydrogen-bond donors (Lipinski definition) is 2. The fourth-order valence-electron chi connectivity index (χ4n) is 4.75. The van der Waals surface area contributed by atoms with E-state index in [1.165, 1.54) is 16.2 Å². The van der Waals surface area contributed by atoms with Crippen LogP contribution in [0.4, 0.5) is 0 Å². The molecule has 5 heterocycles. The maximum atomic E-state index is 12.5. The molecule has 0 aromatic carbocycles. The third-order valence-corrected chi connectivity index (χ3v) is 8.63. The summed E-state index contributed by atoms with van der Waals surface area (Å²) < 4.78 is 1.92. The van der Waals surface area contributed by atoms with Gasteiger partial charge in [-0.3, -0.25) is 9.20 Å². The summed E-state index contributed by atoms with van der Waals surface area (Å²) in [6.07, 6.45) is 3.90. The Hall–Kier alpha value is -0.880. The van der Waals surface area contributed by atoms with E-state index in [-0.39, 0.29) is 53.1 Å². The van der Waals surface area contributed by atoms with Crippen molar-refractivity contribution < 1.29 is 49.4 Å². The van der Waals surface area contributed by atoms with Crippen molar-refractivity contribution >= 4 is 45.4 Å². The predicted octanol–water partition coefficient (Wildman–Crippen LogP) is -2.83. The zero-order chi connectivity index (χ0) is 20.4. The molecule has 154 valence electrons. The van der Waals surface area contributed by atoms with E-state index in [1.807, 2.05) is 17.5 Å². The van der Waals surface area contributed by atoms with E-state index in [0.29, 0.717) is 10.8 Å². The Morgan fingerprint density at radius 3 is 2.90 bits per heavy atom. The van der Waals surface area contributed by atoms with Gasteiger partial charge in [-0.1, -0.05) is 18.7 Å². The number of carbonyl (C=O) groups excluding carboxylic acids is 2. The van der Waals surface area contributed by atoms with Crippen molar-refractivity contribution in [3.05, 3.63) is 23.1 Å². The molecule has 11 heteroatoms. The number of aliphatic hydroxyl groups excluding tert-OH is 1. The summed E-state index contributed by atoms with van der Waals surface area (Å²) in [4.78, 5) is 32.0. The molecule has 5 atom stereocenters. The monoisotopic (exact) mass is 456 g/mol. The molecule has 3 aliphatic heterocycles. The van der Waals surface area contributed by atoms with E-state index >= 15 is 0 Å². The summed E-state index contributed by atoms with van der Waals surface area (Å²) in [6.45, 7) is 5.46. The second-order valence-corrected chi connectivity index (χ2v) is 10.2. The number of aliphatic hydroxyl groups is 1. The molecule has 2 aromatic rings. The first kappa shape index (κ1) is 22.3. The Bertz CT molecular complexity index is 1040. The molecule has 2 fully saturated rings. The zero-order valence-electron chi connectivity index (χ0n) is 17.0. The van der Waals surface area contributed by atoms with Gasteiger partial charge in [-0.15, -0.1) is 11.3 Å². The van der Waals surface area contributed by atoms with Gasteiger partial charge < -0.3 is 25.2 Å². The maximum Gasteiger partial charge on any atom is 1.00 e. The molecule has 1 amide bonds. The number of carboxylic acids is 1. The summed E-state index contributed by atoms with van der Waals surface area (Å²) in [5, 5.41) is 26.7. The quantitative estimate of drug-likeness (QED) is 0.369. The Labute approximate surface area is 204 Å². The van der Waals surface area contributed by atoms with Crippen molar-refractivity contribution in [3.63, 3.8) is 0 Å². The van der Waals surface area contributed by atoms with Crippen molar-refractivity contribution in [2.24, 2.45) is 11.8 Å². The fraction of sp³-hybridized carbons (Fsp3) is 0.526. The van der Waals surface area contributed by atoms with E-state index in [2.05, 4.69) is 10.3 Å². The van der Waals surface area contributed by atoms with Gasteiger partial charge >= 0.3 is 29.6 Å². The number of imidazole rings is 1. The van der Waals surface area contributed by atoms with Crippen LogP contribution in [0.15, 0.2) is 23.2 Å². The van der Waals surface area contributed by atoms with Crippen LogP contribution in [0.1, 0.15) is 25.1 Å². The predicted molar refractivity (Wildman–Crippen MR) is 107 cm³/mol. The Morgan fingerprint density at radius 2 is 2.27 bits per heavy atom. The number of nitrogens with zero attached hydrogens (tertiary/aromatic N) is 3. The minimum Gasteiger partial charge on any atom is -0.543 e. The average Bonchev–Trinajstić information content (AvgIpc) is 3.39. The number of rotatable bonds is 5. The number of fused-ring (bicyclic) bond motifs is 2. The molecule has 3 aliphatic rings. The number of β-lactam (4-membered cyclic amide) rings is 1. The number of nitrogens with one attached hydrogen (secondary N) is 1. The molecule has 2 aromatic heterocycles. The van der Waals surface area contributed by atoms with Crippen LogP contribution in [0, 0.1) is 11.8 Å². The number of aromatic nitrogens is 2. The van der Waals surface area contributed by atoms with Crippen molar-refractivity contribution in [1.82, 2.24) is 19.6 Å². The van der Waals surface area contributed by atoms with Crippen LogP contribution in [0.5, 0.6) is 0 Å². The zero-order valence-corrected chi connectivity index (χ0v) is 20.6. The standard InChI is InChI=1S/C19H22N4O4S2.Na/c1-8-12(15(19(26)27)23-14(8)13(9(2)24)17(23)25)11-6-22-7-21-16(18(22)29-11)28-10-3-4-20-5-10;/h6-10,13-14,20,24H,3-5H2,1-2H3,(H,26,27);/q;+1/p-1/t8-,9+,10-,13+,14+;/m0./s1. The Balaban J connectivity index is 0.00000218. The molecule has 0 saturated carbocycles. The van der Waals surface area contributed by atoms with Gasteiger partial charge in [0.05, 0.1) is 34.6 Å². The van der Waals surface area contributed by atoms with Gasteiger partial charge in [-0.25, -0.2) is 4.98 Å². The number of thioether (sulfide) groups is 1. The van der Waals surface area contributed by atoms with Crippen molar-refractivity contribution in [2.45, 2.75) is 42.7 Å². The minimum absolute atomic E-state index is 0. The van der Waals surface area contributed by atoms with Crippen LogP contribution in [0.3, 0.4) is 0 Å². The second-order valence-electron chi connectivity index (χ2n) is 7.89. The van der Waals surface area contributed by atoms with E-state index in [0.717, 1.165) is 34.2 Å². The SMILES string of the molecule is C[C@@H](O)[C@H]1C(=O)N2C(C(=O)[O-])=C(c3cn4cnc(S[C@H]5CCNC5)c4s3)[C@H](C)[C@H]12.[Na+]. The third-order valence-electron chi connectivity index (χ3n) is 6.10. The van der Waals surface area contributed by atoms with Crippen molar-refractivity contribution in [2.75, 3.05) is 13.1 Å². The van der Waals surface area contributed by atoms with Crippen LogP contribution in [0.25, 0.3) is 10.4 Å². The van der Waals surface area contributed by atoms with E-state index in [1.54, 1.807) is 25.0 Å². The normalized spacial score (nSPS) is 29.2. The van der Waals surface area contributed by atoms with Crippen LogP contribution in [-0.2, 0) is 9.59 Å². The molecule has 0 unspecified atom stereocenters. The van der Waals surface area contributed by atoms with Crippen LogP contribution >= 0.6 is 23.1 Å². The summed E-state index contributed by atoms with van der Waals surface area (Å²) >= 11 is 3.23. The van der Waals surface area contributed by atoms with E-state index in [9.17, 15) is 19.8 Å². The van der Waals surface area contributed by atoms with Crippen molar-refractivity contribution in [3.8, 4) is 0 Å². The largest absolute Gasteiger partial charge is 1.00 e. The number of aliphatic carboxylic acids is 1. The van der Waals surface area contributed by atoms with Gasteiger partial charge in [0.2, 0.25) is 5.91 Å². The van der Waals surface area contributed by atoms with Gasteiger partial charge in [0.25, 0.3) is 0 Å². The molecule has 0 aliphatic carbocycles. The molecular formula is C19H21N4NaO4S2. The summed E-state index contributed by atoms with van der Waals surface area (Å²) in [7, 11) is 0. The molecular weight excluding hydrogens is 435 g/mol. The Morgan fingerprint density at radius 1 is 1.50 bits per heavy atom. The van der Waals surface area contributed by atoms with Crippen LogP contribution in [-0.4, -0.2) is 61.8 Å². The summed E-state index contributed by atoms with van der Waals surface area (Å²) in [5.41, 5.74) is 0.551. The third kappa shape index (κ3) is 3.28. The smallest absolute Gasteiger partial charge is 0.543 e. The molecule has 2 saturated heterocycles. The van der Waals surface area contributed by atoms with Gasteiger partial charge in [-0.2, -0.15) is 0 Å². The molecule has 2 N–H and O–H groups in total. The van der Waals surface area contributed by atoms with E-state index < -0.39 is 18.0 Å². The van der Waals surface area contributed by atoms with Crippen LogP contribution in [0.2, 0.25) is 0 Å². The van der Waals surface area contributed by atoms with Gasteiger partial charge in [0.1, 0.15) is 16.2 Å². The molecule has 0 spiro atoms. The van der Waals surface area contributed by atoms with Gasteiger partial charge in [0, 0.05) is 29.5 Å². The number of hydrogen-bond acceptors (Lipinski definition) is 8. The topological polar surface area (TPSA) is 110 Å². The van der Waals surface area contributed by atoms with E-state index in [4.69, 9.17) is 0 Å². The number of thiazole rings is 1. The summed E-state index contributed by atoms with van der Waals surface area (Å²) in [5.74, 6) is -2.48. The molecule has 8 nitrogen and oxygen atoms in total.